The van der Waals surface area contributed by atoms with Crippen molar-refractivity contribution in [3.63, 3.8) is 0 Å². The van der Waals surface area contributed by atoms with Crippen molar-refractivity contribution in [1.29, 1.82) is 0 Å². The standard InChI is InChI=1S/C21H25N3O3/c1-3-17(24-19-12-8-7-11-18(19)22-20(24)14-25)13-23(2)21(26)27-15-16-9-5-4-6-10-16/h4-12,17,25H,3,13-15H2,1-2H3. The van der Waals surface area contributed by atoms with Gasteiger partial charge in [-0.15, -0.1) is 0 Å². The highest BCUT2D eigenvalue weighted by atomic mass is 16.6. The van der Waals surface area contributed by atoms with Gasteiger partial charge in [0.05, 0.1) is 17.1 Å². The van der Waals surface area contributed by atoms with E-state index in [0.29, 0.717) is 12.4 Å². The third kappa shape index (κ3) is 4.28. The number of aromatic nitrogens is 2. The molecule has 1 amide bonds. The van der Waals surface area contributed by atoms with Crippen molar-refractivity contribution in [3.05, 3.63) is 66.0 Å². The van der Waals surface area contributed by atoms with Crippen LogP contribution in [0, 0.1) is 0 Å². The molecule has 0 aliphatic heterocycles. The molecule has 1 heterocycles. The van der Waals surface area contributed by atoms with Crippen molar-refractivity contribution in [1.82, 2.24) is 14.5 Å². The maximum Gasteiger partial charge on any atom is 0.409 e. The number of benzene rings is 2. The average Bonchev–Trinajstić information content (AvgIpc) is 3.09. The third-order valence-electron chi connectivity index (χ3n) is 4.65. The second-order valence-corrected chi connectivity index (χ2v) is 6.53. The van der Waals surface area contributed by atoms with Crippen molar-refractivity contribution in [2.24, 2.45) is 0 Å². The molecule has 0 saturated carbocycles. The van der Waals surface area contributed by atoms with Crippen LogP contribution in [0.5, 0.6) is 0 Å². The number of carbonyl (C=O) groups excluding carboxylic acids is 1. The molecule has 2 aromatic carbocycles. The number of fused-ring (bicyclic) bond motifs is 1. The van der Waals surface area contributed by atoms with Crippen LogP contribution in [0.15, 0.2) is 54.6 Å². The first-order valence-electron chi connectivity index (χ1n) is 9.12. The van der Waals surface area contributed by atoms with Gasteiger partial charge in [-0.3, -0.25) is 0 Å². The molecular formula is C21H25N3O3. The fourth-order valence-corrected chi connectivity index (χ4v) is 3.23. The topological polar surface area (TPSA) is 67.6 Å². The van der Waals surface area contributed by atoms with Crippen molar-refractivity contribution in [2.75, 3.05) is 13.6 Å². The van der Waals surface area contributed by atoms with Gasteiger partial charge < -0.3 is 19.3 Å². The molecule has 1 unspecified atom stereocenters. The maximum absolute atomic E-state index is 12.4. The molecule has 1 N–H and O–H groups in total. The molecule has 0 aliphatic rings. The van der Waals surface area contributed by atoms with Gasteiger partial charge in [0.15, 0.2) is 0 Å². The first-order chi connectivity index (χ1) is 13.1. The summed E-state index contributed by atoms with van der Waals surface area (Å²) in [6.45, 7) is 2.63. The summed E-state index contributed by atoms with van der Waals surface area (Å²) in [5.74, 6) is 0.606. The van der Waals surface area contributed by atoms with Crippen LogP contribution >= 0.6 is 0 Å². The van der Waals surface area contributed by atoms with Crippen molar-refractivity contribution >= 4 is 17.1 Å². The minimum absolute atomic E-state index is 0.00572. The van der Waals surface area contributed by atoms with Gasteiger partial charge in [-0.1, -0.05) is 49.4 Å². The SMILES string of the molecule is CCC(CN(C)C(=O)OCc1ccccc1)n1c(CO)nc2ccccc21. The third-order valence-corrected chi connectivity index (χ3v) is 4.65. The first kappa shape index (κ1) is 18.9. The van der Waals surface area contributed by atoms with Gasteiger partial charge >= 0.3 is 6.09 Å². The van der Waals surface area contributed by atoms with Gasteiger partial charge in [0, 0.05) is 13.6 Å². The summed E-state index contributed by atoms with van der Waals surface area (Å²) < 4.78 is 7.43. The summed E-state index contributed by atoms with van der Waals surface area (Å²) >= 11 is 0. The van der Waals surface area contributed by atoms with E-state index >= 15 is 0 Å². The van der Waals surface area contributed by atoms with E-state index in [-0.39, 0.29) is 25.3 Å². The van der Waals surface area contributed by atoms with E-state index < -0.39 is 0 Å². The first-order valence-corrected chi connectivity index (χ1v) is 9.12. The highest BCUT2D eigenvalue weighted by molar-refractivity contribution is 5.76. The zero-order chi connectivity index (χ0) is 19.2. The molecular weight excluding hydrogens is 342 g/mol. The average molecular weight is 367 g/mol. The van der Waals surface area contributed by atoms with E-state index in [1.54, 1.807) is 11.9 Å². The lowest BCUT2D eigenvalue weighted by Crippen LogP contribution is -2.33. The van der Waals surface area contributed by atoms with Gasteiger partial charge in [-0.05, 0) is 24.1 Å². The molecule has 6 nitrogen and oxygen atoms in total. The Bertz CT molecular complexity index is 892. The number of likely N-dealkylation sites (N-methyl/N-ethyl adjacent to an activating group) is 1. The number of amides is 1. The van der Waals surface area contributed by atoms with Gasteiger partial charge in [0.1, 0.15) is 19.0 Å². The van der Waals surface area contributed by atoms with Crippen LogP contribution in [0.2, 0.25) is 0 Å². The number of nitrogens with zero attached hydrogens (tertiary/aromatic N) is 3. The van der Waals surface area contributed by atoms with Gasteiger partial charge in [0.25, 0.3) is 0 Å². The second kappa shape index (κ2) is 8.68. The number of imidazole rings is 1. The molecule has 27 heavy (non-hydrogen) atoms. The number of aliphatic hydroxyl groups is 1. The molecule has 0 spiro atoms. The Balaban J connectivity index is 1.72. The van der Waals surface area contributed by atoms with Crippen molar-refractivity contribution in [2.45, 2.75) is 32.6 Å². The Labute approximate surface area is 159 Å². The van der Waals surface area contributed by atoms with E-state index in [1.807, 2.05) is 59.2 Å². The lowest BCUT2D eigenvalue weighted by molar-refractivity contribution is 0.0994. The zero-order valence-electron chi connectivity index (χ0n) is 15.7. The molecule has 6 heteroatoms. The van der Waals surface area contributed by atoms with Crippen LogP contribution in [-0.2, 0) is 18.0 Å². The van der Waals surface area contributed by atoms with Crippen LogP contribution in [0.25, 0.3) is 11.0 Å². The summed E-state index contributed by atoms with van der Waals surface area (Å²) in [6, 6.07) is 17.4. The summed E-state index contributed by atoms with van der Waals surface area (Å²) in [4.78, 5) is 18.5. The molecule has 0 fully saturated rings. The summed E-state index contributed by atoms with van der Waals surface area (Å²) in [7, 11) is 1.73. The number of para-hydroxylation sites is 2. The van der Waals surface area contributed by atoms with Gasteiger partial charge in [-0.2, -0.15) is 0 Å². The molecule has 142 valence electrons. The summed E-state index contributed by atoms with van der Waals surface area (Å²) in [5.41, 5.74) is 2.75. The molecule has 3 aromatic rings. The van der Waals surface area contributed by atoms with Crippen molar-refractivity contribution < 1.29 is 14.6 Å². The summed E-state index contributed by atoms with van der Waals surface area (Å²) in [6.07, 6.45) is 0.427. The number of aliphatic hydroxyl groups excluding tert-OH is 1. The highest BCUT2D eigenvalue weighted by Gasteiger charge is 2.21. The van der Waals surface area contributed by atoms with Crippen LogP contribution in [0.3, 0.4) is 0 Å². The van der Waals surface area contributed by atoms with Crippen molar-refractivity contribution in [3.8, 4) is 0 Å². The second-order valence-electron chi connectivity index (χ2n) is 6.53. The number of ether oxygens (including phenoxy) is 1. The molecule has 0 saturated heterocycles. The van der Waals surface area contributed by atoms with Crippen LogP contribution in [0.4, 0.5) is 4.79 Å². The highest BCUT2D eigenvalue weighted by Crippen LogP contribution is 2.24. The smallest absolute Gasteiger partial charge is 0.409 e. The maximum atomic E-state index is 12.4. The number of hydrogen-bond donors (Lipinski definition) is 1. The van der Waals surface area contributed by atoms with Crippen LogP contribution in [0.1, 0.15) is 30.8 Å². The zero-order valence-corrected chi connectivity index (χ0v) is 15.7. The fraction of sp³-hybridized carbons (Fsp3) is 0.333. The van der Waals surface area contributed by atoms with Crippen LogP contribution < -0.4 is 0 Å². The van der Waals surface area contributed by atoms with E-state index in [9.17, 15) is 9.90 Å². The quantitative estimate of drug-likeness (QED) is 0.691. The molecule has 1 aromatic heterocycles. The Morgan fingerprint density at radius 1 is 1.19 bits per heavy atom. The molecule has 1 atom stereocenters. The summed E-state index contributed by atoms with van der Waals surface area (Å²) in [5, 5.41) is 9.73. The molecule has 0 radical (unpaired) electrons. The minimum atomic E-state index is -0.368. The van der Waals surface area contributed by atoms with Crippen LogP contribution in [-0.4, -0.2) is 39.2 Å². The van der Waals surface area contributed by atoms with Gasteiger partial charge in [0.2, 0.25) is 0 Å². The monoisotopic (exact) mass is 367 g/mol. The molecule has 0 bridgehead atoms. The number of hydrogen-bond acceptors (Lipinski definition) is 4. The Hall–Kier alpha value is -2.86. The number of rotatable bonds is 7. The van der Waals surface area contributed by atoms with E-state index in [4.69, 9.17) is 4.74 Å². The Morgan fingerprint density at radius 2 is 1.89 bits per heavy atom. The largest absolute Gasteiger partial charge is 0.445 e. The Morgan fingerprint density at radius 3 is 2.59 bits per heavy atom. The number of carbonyl (C=O) groups is 1. The minimum Gasteiger partial charge on any atom is -0.445 e. The van der Waals surface area contributed by atoms with E-state index in [1.165, 1.54) is 0 Å². The predicted molar refractivity (Wildman–Crippen MR) is 104 cm³/mol. The fourth-order valence-electron chi connectivity index (χ4n) is 3.23. The van der Waals surface area contributed by atoms with E-state index in [2.05, 4.69) is 11.9 Å². The lowest BCUT2D eigenvalue weighted by Gasteiger charge is -2.25. The van der Waals surface area contributed by atoms with E-state index in [0.717, 1.165) is 23.0 Å². The Kier molecular flexibility index (Phi) is 6.08. The van der Waals surface area contributed by atoms with Gasteiger partial charge in [-0.25, -0.2) is 9.78 Å². The molecule has 0 aliphatic carbocycles. The predicted octanol–water partition coefficient (Wildman–Crippen LogP) is 3.75. The molecule has 3 rings (SSSR count). The lowest BCUT2D eigenvalue weighted by atomic mass is 10.2. The normalized spacial score (nSPS) is 12.1.